The Hall–Kier alpha value is -0.160. The van der Waals surface area contributed by atoms with Crippen LogP contribution in [0.4, 0.5) is 0 Å². The fourth-order valence-electron chi connectivity index (χ4n) is 5.58. The molecule has 2 heterocycles. The third-order valence-electron chi connectivity index (χ3n) is 7.79. The molecule has 1 aliphatic carbocycles. The zero-order valence-electron chi connectivity index (χ0n) is 20.5. The van der Waals surface area contributed by atoms with E-state index in [1.165, 1.54) is 89.9 Å². The first-order valence-electron chi connectivity index (χ1n) is 13.7. The smallest absolute Gasteiger partial charge is 0.160 e. The maximum absolute atomic E-state index is 6.18. The lowest BCUT2D eigenvalue weighted by molar-refractivity contribution is -0.230. The van der Waals surface area contributed by atoms with E-state index in [1.807, 2.05) is 0 Å². The Kier molecular flexibility index (Phi) is 12.2. The van der Waals surface area contributed by atoms with E-state index >= 15 is 0 Å². The fourth-order valence-corrected chi connectivity index (χ4v) is 5.58. The van der Waals surface area contributed by atoms with Crippen molar-refractivity contribution in [3.8, 4) is 0 Å². The van der Waals surface area contributed by atoms with Gasteiger partial charge < -0.3 is 18.9 Å². The van der Waals surface area contributed by atoms with E-state index in [2.05, 4.69) is 13.8 Å². The van der Waals surface area contributed by atoms with E-state index in [0.29, 0.717) is 17.8 Å². The molecule has 0 radical (unpaired) electrons. The number of ether oxygens (including phenoxy) is 4. The van der Waals surface area contributed by atoms with E-state index in [1.54, 1.807) is 0 Å². The van der Waals surface area contributed by atoms with Gasteiger partial charge in [0.1, 0.15) is 0 Å². The summed E-state index contributed by atoms with van der Waals surface area (Å²) in [5.41, 5.74) is 0. The third-order valence-corrected chi connectivity index (χ3v) is 7.79. The highest BCUT2D eigenvalue weighted by Gasteiger charge is 2.32. The summed E-state index contributed by atoms with van der Waals surface area (Å²) in [6.45, 7) is 8.09. The van der Waals surface area contributed by atoms with Crippen molar-refractivity contribution in [3.05, 3.63) is 0 Å². The molecule has 0 amide bonds. The molecule has 182 valence electrons. The van der Waals surface area contributed by atoms with E-state index in [4.69, 9.17) is 18.9 Å². The van der Waals surface area contributed by atoms with Gasteiger partial charge in [-0.2, -0.15) is 0 Å². The second-order valence-corrected chi connectivity index (χ2v) is 10.6. The Morgan fingerprint density at radius 1 is 0.516 bits per heavy atom. The first kappa shape index (κ1) is 25.5. The molecular formula is C27H50O4. The zero-order chi connectivity index (χ0) is 21.7. The van der Waals surface area contributed by atoms with Gasteiger partial charge in [0.2, 0.25) is 0 Å². The normalized spacial score (nSPS) is 34.6. The highest BCUT2D eigenvalue weighted by molar-refractivity contribution is 4.77. The Labute approximate surface area is 192 Å². The van der Waals surface area contributed by atoms with Crippen molar-refractivity contribution >= 4 is 0 Å². The van der Waals surface area contributed by atoms with Crippen molar-refractivity contribution in [2.45, 2.75) is 123 Å². The lowest BCUT2D eigenvalue weighted by atomic mass is 9.79. The molecule has 0 unspecified atom stereocenters. The SMILES string of the molecule is CCCCCC1CCC([C@H]2OC[C@H](CCCC[C@H]3OC[C@H](CCCC)CO3)CO2)CC1. The van der Waals surface area contributed by atoms with E-state index < -0.39 is 0 Å². The van der Waals surface area contributed by atoms with Crippen molar-refractivity contribution in [1.82, 2.24) is 0 Å². The van der Waals surface area contributed by atoms with Crippen LogP contribution in [-0.4, -0.2) is 39.0 Å². The highest BCUT2D eigenvalue weighted by atomic mass is 16.7. The molecule has 4 nitrogen and oxygen atoms in total. The molecule has 0 spiro atoms. The number of rotatable bonds is 13. The van der Waals surface area contributed by atoms with Gasteiger partial charge >= 0.3 is 0 Å². The quantitative estimate of drug-likeness (QED) is 0.287. The standard InChI is InChI=1S/C27H50O4/c1-3-5-7-11-22-14-16-25(17-15-22)27-30-20-24(21-31-27)12-8-9-13-26-28-18-23(19-29-26)10-6-4-2/h22-27H,3-21H2,1-2H3/t22?,23-,24-,25?,26-,27-. The van der Waals surface area contributed by atoms with Crippen molar-refractivity contribution in [2.24, 2.45) is 23.7 Å². The van der Waals surface area contributed by atoms with Gasteiger partial charge in [-0.1, -0.05) is 58.8 Å². The molecule has 3 aliphatic rings. The molecule has 0 atom stereocenters. The van der Waals surface area contributed by atoms with Crippen LogP contribution in [0.15, 0.2) is 0 Å². The molecule has 1 saturated carbocycles. The van der Waals surface area contributed by atoms with Crippen LogP contribution in [-0.2, 0) is 18.9 Å². The first-order valence-corrected chi connectivity index (χ1v) is 13.7. The second-order valence-electron chi connectivity index (χ2n) is 10.6. The molecule has 3 rings (SSSR count). The Morgan fingerprint density at radius 3 is 1.68 bits per heavy atom. The topological polar surface area (TPSA) is 36.9 Å². The predicted molar refractivity (Wildman–Crippen MR) is 126 cm³/mol. The van der Waals surface area contributed by atoms with Crippen molar-refractivity contribution in [3.63, 3.8) is 0 Å². The first-order chi connectivity index (χ1) is 15.3. The summed E-state index contributed by atoms with van der Waals surface area (Å²) in [7, 11) is 0. The van der Waals surface area contributed by atoms with Crippen LogP contribution < -0.4 is 0 Å². The molecule has 0 aromatic heterocycles. The van der Waals surface area contributed by atoms with Crippen molar-refractivity contribution in [2.75, 3.05) is 26.4 Å². The minimum Gasteiger partial charge on any atom is -0.352 e. The number of hydrogen-bond donors (Lipinski definition) is 0. The van der Waals surface area contributed by atoms with Gasteiger partial charge in [-0.05, 0) is 57.3 Å². The second kappa shape index (κ2) is 14.9. The van der Waals surface area contributed by atoms with Crippen molar-refractivity contribution in [1.29, 1.82) is 0 Å². The monoisotopic (exact) mass is 438 g/mol. The summed E-state index contributed by atoms with van der Waals surface area (Å²) < 4.78 is 24.2. The van der Waals surface area contributed by atoms with Crippen LogP contribution in [0.25, 0.3) is 0 Å². The predicted octanol–water partition coefficient (Wildman–Crippen LogP) is 7.10. The van der Waals surface area contributed by atoms with E-state index in [9.17, 15) is 0 Å². The third kappa shape index (κ3) is 9.31. The Bertz CT molecular complexity index is 433. The molecule has 31 heavy (non-hydrogen) atoms. The van der Waals surface area contributed by atoms with E-state index in [0.717, 1.165) is 38.8 Å². The molecule has 2 saturated heterocycles. The maximum Gasteiger partial charge on any atom is 0.160 e. The van der Waals surface area contributed by atoms with Crippen LogP contribution in [0.3, 0.4) is 0 Å². The minimum absolute atomic E-state index is 0.0261. The Balaban J connectivity index is 1.18. The summed E-state index contributed by atoms with van der Waals surface area (Å²) in [6.07, 6.45) is 19.4. The average molecular weight is 439 g/mol. The van der Waals surface area contributed by atoms with Gasteiger partial charge in [0.25, 0.3) is 0 Å². The summed E-state index contributed by atoms with van der Waals surface area (Å²) in [5.74, 6) is 2.76. The van der Waals surface area contributed by atoms with Crippen LogP contribution in [0, 0.1) is 23.7 Å². The zero-order valence-corrected chi connectivity index (χ0v) is 20.5. The van der Waals surface area contributed by atoms with Crippen molar-refractivity contribution < 1.29 is 18.9 Å². The lowest BCUT2D eigenvalue weighted by Crippen LogP contribution is -2.38. The summed E-state index contributed by atoms with van der Waals surface area (Å²) in [5, 5.41) is 0. The average Bonchev–Trinajstić information content (AvgIpc) is 2.82. The van der Waals surface area contributed by atoms with Crippen LogP contribution in [0.2, 0.25) is 0 Å². The van der Waals surface area contributed by atoms with E-state index in [-0.39, 0.29) is 12.6 Å². The van der Waals surface area contributed by atoms with Gasteiger partial charge in [-0.3, -0.25) is 0 Å². The van der Waals surface area contributed by atoms with Crippen LogP contribution in [0.5, 0.6) is 0 Å². The fraction of sp³-hybridized carbons (Fsp3) is 1.00. The number of hydrogen-bond acceptors (Lipinski definition) is 4. The summed E-state index contributed by atoms with van der Waals surface area (Å²) in [6, 6.07) is 0. The lowest BCUT2D eigenvalue weighted by Gasteiger charge is -2.37. The van der Waals surface area contributed by atoms with Gasteiger partial charge in [0.05, 0.1) is 26.4 Å². The van der Waals surface area contributed by atoms with Gasteiger partial charge in [0.15, 0.2) is 12.6 Å². The summed E-state index contributed by atoms with van der Waals surface area (Å²) >= 11 is 0. The Morgan fingerprint density at radius 2 is 1.03 bits per heavy atom. The summed E-state index contributed by atoms with van der Waals surface area (Å²) in [4.78, 5) is 0. The highest BCUT2D eigenvalue weighted by Crippen LogP contribution is 2.36. The molecular weight excluding hydrogens is 388 g/mol. The molecule has 3 fully saturated rings. The molecule has 2 aliphatic heterocycles. The van der Waals surface area contributed by atoms with Gasteiger partial charge in [-0.15, -0.1) is 0 Å². The van der Waals surface area contributed by atoms with Gasteiger partial charge in [-0.25, -0.2) is 0 Å². The van der Waals surface area contributed by atoms with Gasteiger partial charge in [0, 0.05) is 17.8 Å². The minimum atomic E-state index is 0.0261. The molecule has 0 aromatic carbocycles. The molecule has 4 heteroatoms. The molecule has 0 bridgehead atoms. The molecule has 0 N–H and O–H groups in total. The number of unbranched alkanes of at least 4 members (excludes halogenated alkanes) is 4. The van der Waals surface area contributed by atoms with Crippen LogP contribution >= 0.6 is 0 Å². The maximum atomic E-state index is 6.18. The molecule has 0 aromatic rings. The largest absolute Gasteiger partial charge is 0.352 e. The van der Waals surface area contributed by atoms with Crippen LogP contribution in [0.1, 0.15) is 110 Å².